The van der Waals surface area contributed by atoms with E-state index in [9.17, 15) is 0 Å². The lowest BCUT2D eigenvalue weighted by molar-refractivity contribution is 0.355. The number of thiophene rings is 1. The van der Waals surface area contributed by atoms with Gasteiger partial charge in [-0.25, -0.2) is 9.97 Å². The molecule has 0 unspecified atom stereocenters. The molecule has 0 spiro atoms. The molecule has 136 valence electrons. The molecule has 0 amide bonds. The molecule has 0 atom stereocenters. The summed E-state index contributed by atoms with van der Waals surface area (Å²) in [7, 11) is 3.25. The Bertz CT molecular complexity index is 1090. The average molecular weight is 378 g/mol. The lowest BCUT2D eigenvalue weighted by Gasteiger charge is -2.11. The number of anilines is 3. The number of nitrogens with one attached hydrogen (secondary N) is 1. The molecule has 4 aromatic rings. The maximum Gasteiger partial charge on any atom is 0.161 e. The summed E-state index contributed by atoms with van der Waals surface area (Å²) >= 11 is 1.58. The van der Waals surface area contributed by atoms with E-state index in [1.807, 2.05) is 42.5 Å². The first-order valence-electron chi connectivity index (χ1n) is 8.26. The summed E-state index contributed by atoms with van der Waals surface area (Å²) in [6.07, 6.45) is 1.57. The molecule has 2 heterocycles. The first-order valence-corrected chi connectivity index (χ1v) is 9.14. The zero-order valence-corrected chi connectivity index (χ0v) is 15.7. The molecule has 6 nitrogen and oxygen atoms in total. The van der Waals surface area contributed by atoms with Crippen LogP contribution in [0.1, 0.15) is 0 Å². The molecule has 2 aromatic heterocycles. The molecular formula is C20H18N4O2S. The van der Waals surface area contributed by atoms with Gasteiger partial charge in [0.15, 0.2) is 11.5 Å². The van der Waals surface area contributed by atoms with E-state index in [0.29, 0.717) is 11.5 Å². The lowest BCUT2D eigenvalue weighted by atomic mass is 10.1. The molecule has 0 radical (unpaired) electrons. The topological polar surface area (TPSA) is 82.3 Å². The molecule has 2 aromatic carbocycles. The minimum Gasteiger partial charge on any atom is -0.493 e. The molecule has 0 aliphatic carbocycles. The van der Waals surface area contributed by atoms with E-state index in [4.69, 9.17) is 15.2 Å². The third kappa shape index (κ3) is 3.24. The number of aromatic nitrogens is 2. The summed E-state index contributed by atoms with van der Waals surface area (Å²) in [4.78, 5) is 9.78. The van der Waals surface area contributed by atoms with E-state index >= 15 is 0 Å². The van der Waals surface area contributed by atoms with Crippen molar-refractivity contribution in [3.63, 3.8) is 0 Å². The summed E-state index contributed by atoms with van der Waals surface area (Å²) in [5, 5.41) is 6.41. The Kier molecular flexibility index (Phi) is 4.52. The van der Waals surface area contributed by atoms with Crippen LogP contribution in [0.5, 0.6) is 11.5 Å². The van der Waals surface area contributed by atoms with Crippen LogP contribution < -0.4 is 20.5 Å². The number of rotatable bonds is 5. The lowest BCUT2D eigenvalue weighted by Crippen LogP contribution is -1.96. The standard InChI is InChI=1S/C20H18N4O2S/c1-25-16-8-3-12(9-17(16)26-2)15-10-27-20-18(15)19(22-11-23-20)24-14-6-4-13(21)5-7-14/h3-11H,21H2,1-2H3,(H,22,23,24). The van der Waals surface area contributed by atoms with Gasteiger partial charge in [-0.15, -0.1) is 11.3 Å². The van der Waals surface area contributed by atoms with Gasteiger partial charge in [-0.1, -0.05) is 6.07 Å². The fourth-order valence-corrected chi connectivity index (χ4v) is 3.81. The van der Waals surface area contributed by atoms with Gasteiger partial charge in [-0.2, -0.15) is 0 Å². The molecule has 0 aliphatic heterocycles. The largest absolute Gasteiger partial charge is 0.493 e. The third-order valence-corrected chi connectivity index (χ3v) is 5.12. The number of fused-ring (bicyclic) bond motifs is 1. The van der Waals surface area contributed by atoms with Crippen LogP contribution in [0.25, 0.3) is 21.3 Å². The molecule has 3 N–H and O–H groups in total. The fourth-order valence-electron chi connectivity index (χ4n) is 2.89. The Hall–Kier alpha value is -3.32. The van der Waals surface area contributed by atoms with Crippen LogP contribution in [0.15, 0.2) is 54.2 Å². The number of nitrogens with zero attached hydrogens (tertiary/aromatic N) is 2. The van der Waals surface area contributed by atoms with Crippen molar-refractivity contribution in [1.29, 1.82) is 0 Å². The molecule has 4 rings (SSSR count). The molecule has 0 fully saturated rings. The van der Waals surface area contributed by atoms with Crippen LogP contribution in [-0.2, 0) is 0 Å². The van der Waals surface area contributed by atoms with Crippen molar-refractivity contribution in [1.82, 2.24) is 9.97 Å². The van der Waals surface area contributed by atoms with Crippen LogP contribution in [0.3, 0.4) is 0 Å². The van der Waals surface area contributed by atoms with Crippen molar-refractivity contribution < 1.29 is 9.47 Å². The van der Waals surface area contributed by atoms with Gasteiger partial charge in [-0.3, -0.25) is 0 Å². The van der Waals surface area contributed by atoms with Crippen LogP contribution in [-0.4, -0.2) is 24.2 Å². The monoisotopic (exact) mass is 378 g/mol. The van der Waals surface area contributed by atoms with E-state index in [-0.39, 0.29) is 0 Å². The highest BCUT2D eigenvalue weighted by molar-refractivity contribution is 7.17. The molecule has 27 heavy (non-hydrogen) atoms. The van der Waals surface area contributed by atoms with Crippen molar-refractivity contribution in [3.8, 4) is 22.6 Å². The fraction of sp³-hybridized carbons (Fsp3) is 0.100. The number of nitrogens with two attached hydrogens (primary N) is 1. The van der Waals surface area contributed by atoms with Crippen LogP contribution in [0.2, 0.25) is 0 Å². The van der Waals surface area contributed by atoms with E-state index < -0.39 is 0 Å². The van der Waals surface area contributed by atoms with Gasteiger partial charge >= 0.3 is 0 Å². The Morgan fingerprint density at radius 2 is 1.74 bits per heavy atom. The van der Waals surface area contributed by atoms with Crippen LogP contribution in [0.4, 0.5) is 17.2 Å². The number of methoxy groups -OCH3 is 2. The second-order valence-electron chi connectivity index (χ2n) is 5.87. The highest BCUT2D eigenvalue weighted by Crippen LogP contribution is 2.40. The van der Waals surface area contributed by atoms with E-state index in [1.54, 1.807) is 31.9 Å². The quantitative estimate of drug-likeness (QED) is 0.490. The zero-order chi connectivity index (χ0) is 18.8. The molecule has 0 bridgehead atoms. The predicted molar refractivity (Wildman–Crippen MR) is 110 cm³/mol. The van der Waals surface area contributed by atoms with Gasteiger partial charge in [0, 0.05) is 22.3 Å². The van der Waals surface area contributed by atoms with E-state index in [2.05, 4.69) is 20.7 Å². The number of benzene rings is 2. The summed E-state index contributed by atoms with van der Waals surface area (Å²) in [6.45, 7) is 0. The predicted octanol–water partition coefficient (Wildman–Crippen LogP) is 4.70. The number of hydrogen-bond donors (Lipinski definition) is 2. The van der Waals surface area contributed by atoms with Gasteiger partial charge in [0.1, 0.15) is 17.0 Å². The Labute approximate surface area is 160 Å². The maximum atomic E-state index is 5.77. The highest BCUT2D eigenvalue weighted by atomic mass is 32.1. The summed E-state index contributed by atoms with van der Waals surface area (Å²) in [6, 6.07) is 13.4. The normalized spacial score (nSPS) is 10.7. The smallest absolute Gasteiger partial charge is 0.161 e. The van der Waals surface area contributed by atoms with Crippen LogP contribution >= 0.6 is 11.3 Å². The van der Waals surface area contributed by atoms with E-state index in [0.717, 1.165) is 38.5 Å². The molecule has 0 saturated heterocycles. The summed E-state index contributed by atoms with van der Waals surface area (Å²) in [5.74, 6) is 2.12. The second-order valence-corrected chi connectivity index (χ2v) is 6.73. The molecule has 0 aliphatic rings. The van der Waals surface area contributed by atoms with Gasteiger partial charge < -0.3 is 20.5 Å². The third-order valence-electron chi connectivity index (χ3n) is 4.24. The first kappa shape index (κ1) is 17.1. The van der Waals surface area contributed by atoms with Crippen molar-refractivity contribution >= 4 is 38.7 Å². The van der Waals surface area contributed by atoms with Gasteiger partial charge in [0.25, 0.3) is 0 Å². The Balaban J connectivity index is 1.82. The van der Waals surface area contributed by atoms with Crippen molar-refractivity contribution in [3.05, 3.63) is 54.2 Å². The average Bonchev–Trinajstić information content (AvgIpc) is 3.14. The Morgan fingerprint density at radius 1 is 0.963 bits per heavy atom. The van der Waals surface area contributed by atoms with Crippen LogP contribution in [0, 0.1) is 0 Å². The first-order chi connectivity index (χ1) is 13.2. The van der Waals surface area contributed by atoms with Crippen molar-refractivity contribution in [2.75, 3.05) is 25.3 Å². The molecule has 0 saturated carbocycles. The highest BCUT2D eigenvalue weighted by Gasteiger charge is 2.15. The molecule has 7 heteroatoms. The minimum atomic E-state index is 0.680. The van der Waals surface area contributed by atoms with Gasteiger partial charge in [-0.05, 0) is 42.0 Å². The van der Waals surface area contributed by atoms with Gasteiger partial charge in [0.05, 0.1) is 19.6 Å². The number of ether oxygens (including phenoxy) is 2. The van der Waals surface area contributed by atoms with Crippen molar-refractivity contribution in [2.24, 2.45) is 0 Å². The second kappa shape index (κ2) is 7.13. The maximum absolute atomic E-state index is 5.77. The summed E-state index contributed by atoms with van der Waals surface area (Å²) < 4.78 is 10.8. The van der Waals surface area contributed by atoms with Crippen molar-refractivity contribution in [2.45, 2.75) is 0 Å². The zero-order valence-electron chi connectivity index (χ0n) is 14.9. The number of hydrogen-bond acceptors (Lipinski definition) is 7. The van der Waals surface area contributed by atoms with E-state index in [1.165, 1.54) is 0 Å². The molecular weight excluding hydrogens is 360 g/mol. The summed E-state index contributed by atoms with van der Waals surface area (Å²) in [5.41, 5.74) is 9.44. The SMILES string of the molecule is COc1ccc(-c2csc3ncnc(Nc4ccc(N)cc4)c23)cc1OC. The number of nitrogen functional groups attached to an aromatic ring is 1. The Morgan fingerprint density at radius 3 is 2.48 bits per heavy atom. The minimum absolute atomic E-state index is 0.680. The van der Waals surface area contributed by atoms with Gasteiger partial charge in [0.2, 0.25) is 0 Å².